The van der Waals surface area contributed by atoms with Crippen molar-refractivity contribution >= 4 is 5.97 Å². The Labute approximate surface area is 85.2 Å². The minimum absolute atomic E-state index is 0.0440. The van der Waals surface area contributed by atoms with Crippen LogP contribution in [0.1, 0.15) is 10.4 Å². The van der Waals surface area contributed by atoms with Crippen molar-refractivity contribution in [3.8, 4) is 11.3 Å². The molecule has 0 saturated heterocycles. The fourth-order valence-electron chi connectivity index (χ4n) is 1.46. The first kappa shape index (κ1) is 9.45. The number of halogens is 1. The topological polar surface area (TPSA) is 53.1 Å². The lowest BCUT2D eigenvalue weighted by Crippen LogP contribution is -2.01. The quantitative estimate of drug-likeness (QED) is 0.791. The molecule has 0 bridgehead atoms. The summed E-state index contributed by atoms with van der Waals surface area (Å²) in [7, 11) is 0. The van der Waals surface area contributed by atoms with Gasteiger partial charge in [0.15, 0.2) is 0 Å². The van der Waals surface area contributed by atoms with Crippen molar-refractivity contribution in [3.05, 3.63) is 47.9 Å². The van der Waals surface area contributed by atoms with Crippen LogP contribution >= 0.6 is 0 Å². The molecule has 2 rings (SSSR count). The predicted molar refractivity (Wildman–Crippen MR) is 53.1 cm³/mol. The number of aromatic nitrogens is 1. The molecule has 0 aliphatic heterocycles. The maximum Gasteiger partial charge on any atom is 0.336 e. The van der Waals surface area contributed by atoms with E-state index in [1.165, 1.54) is 18.2 Å². The van der Waals surface area contributed by atoms with Gasteiger partial charge >= 0.3 is 5.97 Å². The molecule has 1 aromatic carbocycles. The average molecular weight is 205 g/mol. The molecule has 4 heteroatoms. The first-order valence-corrected chi connectivity index (χ1v) is 4.35. The number of H-pyrrole nitrogens is 1. The Morgan fingerprint density at radius 2 is 2.07 bits per heavy atom. The SMILES string of the molecule is O=C(O)c1cccc(F)c1-c1ccc[nH]1. The third-order valence-corrected chi connectivity index (χ3v) is 2.11. The fraction of sp³-hybridized carbons (Fsp3) is 0. The molecule has 0 aliphatic rings. The van der Waals surface area contributed by atoms with Gasteiger partial charge in [0, 0.05) is 17.5 Å². The third-order valence-electron chi connectivity index (χ3n) is 2.11. The highest BCUT2D eigenvalue weighted by molar-refractivity contribution is 5.95. The Bertz CT molecular complexity index is 491. The Morgan fingerprint density at radius 1 is 1.27 bits per heavy atom. The summed E-state index contributed by atoms with van der Waals surface area (Å²) in [5.41, 5.74) is 0.512. The van der Waals surface area contributed by atoms with Crippen molar-refractivity contribution < 1.29 is 14.3 Å². The summed E-state index contributed by atoms with van der Waals surface area (Å²) in [6, 6.07) is 7.31. The maximum absolute atomic E-state index is 13.5. The largest absolute Gasteiger partial charge is 0.478 e. The van der Waals surface area contributed by atoms with Crippen molar-refractivity contribution in [1.82, 2.24) is 4.98 Å². The molecule has 15 heavy (non-hydrogen) atoms. The van der Waals surface area contributed by atoms with Crippen LogP contribution in [0.25, 0.3) is 11.3 Å². The normalized spacial score (nSPS) is 10.2. The number of benzene rings is 1. The van der Waals surface area contributed by atoms with Crippen LogP contribution in [0.3, 0.4) is 0 Å². The van der Waals surface area contributed by atoms with Crippen LogP contribution in [0, 0.1) is 5.82 Å². The molecule has 0 unspecified atom stereocenters. The monoisotopic (exact) mass is 205 g/mol. The summed E-state index contributed by atoms with van der Waals surface area (Å²) in [6.45, 7) is 0. The molecule has 0 aliphatic carbocycles. The third kappa shape index (κ3) is 1.61. The van der Waals surface area contributed by atoms with Crippen LogP contribution in [0.5, 0.6) is 0 Å². The zero-order chi connectivity index (χ0) is 10.8. The molecule has 0 spiro atoms. The first-order valence-electron chi connectivity index (χ1n) is 4.35. The summed E-state index contributed by atoms with van der Waals surface area (Å²) in [5.74, 6) is -1.68. The van der Waals surface area contributed by atoms with Gasteiger partial charge in [-0.25, -0.2) is 9.18 Å². The van der Waals surface area contributed by atoms with Gasteiger partial charge < -0.3 is 10.1 Å². The number of carboxylic acid groups (broad SMARTS) is 1. The van der Waals surface area contributed by atoms with Gasteiger partial charge in [0.25, 0.3) is 0 Å². The van der Waals surface area contributed by atoms with Crippen molar-refractivity contribution in [2.75, 3.05) is 0 Å². The average Bonchev–Trinajstić information content (AvgIpc) is 2.70. The zero-order valence-corrected chi connectivity index (χ0v) is 7.70. The van der Waals surface area contributed by atoms with E-state index in [9.17, 15) is 9.18 Å². The van der Waals surface area contributed by atoms with Gasteiger partial charge in [-0.2, -0.15) is 0 Å². The number of hydrogen-bond acceptors (Lipinski definition) is 1. The molecule has 0 fully saturated rings. The second kappa shape index (κ2) is 3.57. The minimum atomic E-state index is -1.14. The van der Waals surface area contributed by atoms with Gasteiger partial charge in [-0.1, -0.05) is 6.07 Å². The number of carbonyl (C=O) groups is 1. The lowest BCUT2D eigenvalue weighted by Gasteiger charge is -2.04. The summed E-state index contributed by atoms with van der Waals surface area (Å²) in [4.78, 5) is 13.7. The number of aromatic amines is 1. The molecule has 76 valence electrons. The molecule has 0 atom stereocenters. The van der Waals surface area contributed by atoms with Crippen LogP contribution in [0.2, 0.25) is 0 Å². The number of rotatable bonds is 2. The van der Waals surface area contributed by atoms with Crippen molar-refractivity contribution in [2.45, 2.75) is 0 Å². The van der Waals surface area contributed by atoms with Crippen molar-refractivity contribution in [2.24, 2.45) is 0 Å². The van der Waals surface area contributed by atoms with Gasteiger partial charge in [0.1, 0.15) is 5.82 Å². The molecule has 3 nitrogen and oxygen atoms in total. The Balaban J connectivity index is 2.68. The molecule has 0 saturated carbocycles. The Kier molecular flexibility index (Phi) is 2.25. The van der Waals surface area contributed by atoms with Gasteiger partial charge in [-0.15, -0.1) is 0 Å². The van der Waals surface area contributed by atoms with Crippen LogP contribution in [0.4, 0.5) is 4.39 Å². The number of nitrogens with one attached hydrogen (secondary N) is 1. The standard InChI is InChI=1S/C11H8FNO2/c12-8-4-1-3-7(11(14)15)10(8)9-5-2-6-13-9/h1-6,13H,(H,14,15). The van der Waals surface area contributed by atoms with Gasteiger partial charge in [-0.3, -0.25) is 0 Å². The van der Waals surface area contributed by atoms with Crippen molar-refractivity contribution in [3.63, 3.8) is 0 Å². The molecule has 1 heterocycles. The number of carboxylic acids is 1. The van der Waals surface area contributed by atoms with E-state index in [1.807, 2.05) is 0 Å². The summed E-state index contributed by atoms with van der Waals surface area (Å²) < 4.78 is 13.5. The smallest absolute Gasteiger partial charge is 0.336 e. The lowest BCUT2D eigenvalue weighted by molar-refractivity contribution is 0.0697. The molecular weight excluding hydrogens is 197 g/mol. The molecule has 0 amide bonds. The first-order chi connectivity index (χ1) is 7.20. The number of hydrogen-bond donors (Lipinski definition) is 2. The molecule has 1 aromatic heterocycles. The van der Waals surface area contributed by atoms with Gasteiger partial charge in [-0.05, 0) is 24.3 Å². The molecule has 0 radical (unpaired) electrons. The van der Waals surface area contributed by atoms with E-state index in [0.29, 0.717) is 5.69 Å². The Hall–Kier alpha value is -2.10. The summed E-state index contributed by atoms with van der Waals surface area (Å²) in [6.07, 6.45) is 1.62. The molecule has 2 N–H and O–H groups in total. The van der Waals surface area contributed by atoms with E-state index >= 15 is 0 Å². The van der Waals surface area contributed by atoms with E-state index < -0.39 is 11.8 Å². The lowest BCUT2D eigenvalue weighted by atomic mass is 10.0. The summed E-state index contributed by atoms with van der Waals surface area (Å²) in [5, 5.41) is 8.91. The van der Waals surface area contributed by atoms with Crippen LogP contribution in [-0.2, 0) is 0 Å². The summed E-state index contributed by atoms with van der Waals surface area (Å²) >= 11 is 0. The second-order valence-electron chi connectivity index (χ2n) is 3.05. The molecule has 2 aromatic rings. The van der Waals surface area contributed by atoms with Crippen molar-refractivity contribution in [1.29, 1.82) is 0 Å². The highest BCUT2D eigenvalue weighted by atomic mass is 19.1. The zero-order valence-electron chi connectivity index (χ0n) is 7.70. The van der Waals surface area contributed by atoms with E-state index in [-0.39, 0.29) is 11.1 Å². The fourth-order valence-corrected chi connectivity index (χ4v) is 1.46. The minimum Gasteiger partial charge on any atom is -0.478 e. The van der Waals surface area contributed by atoms with E-state index in [4.69, 9.17) is 5.11 Å². The number of aromatic carboxylic acids is 1. The highest BCUT2D eigenvalue weighted by Crippen LogP contribution is 2.25. The second-order valence-corrected chi connectivity index (χ2v) is 3.05. The van der Waals surface area contributed by atoms with Crippen LogP contribution < -0.4 is 0 Å². The van der Waals surface area contributed by atoms with Gasteiger partial charge in [0.2, 0.25) is 0 Å². The van der Waals surface area contributed by atoms with Gasteiger partial charge in [0.05, 0.1) is 5.56 Å². The van der Waals surface area contributed by atoms with E-state index in [2.05, 4.69) is 4.98 Å². The van der Waals surface area contributed by atoms with Crippen LogP contribution in [-0.4, -0.2) is 16.1 Å². The predicted octanol–water partition coefficient (Wildman–Crippen LogP) is 2.52. The van der Waals surface area contributed by atoms with E-state index in [0.717, 1.165) is 0 Å². The highest BCUT2D eigenvalue weighted by Gasteiger charge is 2.15. The van der Waals surface area contributed by atoms with E-state index in [1.54, 1.807) is 18.3 Å². The maximum atomic E-state index is 13.5. The molecular formula is C11H8FNO2. The van der Waals surface area contributed by atoms with Crippen LogP contribution in [0.15, 0.2) is 36.5 Å². The Morgan fingerprint density at radius 3 is 2.67 bits per heavy atom.